The molecule has 0 saturated heterocycles. The molecule has 36 heavy (non-hydrogen) atoms. The molecule has 2 N–H and O–H groups in total. The molecule has 2 heterocycles. The quantitative estimate of drug-likeness (QED) is 0.225. The van der Waals surface area contributed by atoms with Crippen LogP contribution in [0, 0.1) is 0 Å². The Labute approximate surface area is 222 Å². The third kappa shape index (κ3) is 4.39. The molecule has 0 fully saturated rings. The van der Waals surface area contributed by atoms with Gasteiger partial charge in [0.15, 0.2) is 0 Å². The molecule has 5 nitrogen and oxygen atoms in total. The fraction of sp³-hybridized carbons (Fsp3) is 0.0714. The number of carbonyl (C=O) groups is 1. The number of thiophene rings is 1. The molecule has 5 rings (SSSR count). The van der Waals surface area contributed by atoms with Crippen molar-refractivity contribution in [3.63, 3.8) is 0 Å². The molecule has 5 aromatic rings. The number of ketones is 1. The van der Waals surface area contributed by atoms with Crippen LogP contribution in [0.2, 0.25) is 10.0 Å². The van der Waals surface area contributed by atoms with Crippen molar-refractivity contribution < 1.29 is 14.3 Å². The molecular formula is C28H20Cl2N2O3S. The van der Waals surface area contributed by atoms with Gasteiger partial charge >= 0.3 is 0 Å². The molecule has 0 atom stereocenters. The average Bonchev–Trinajstić information content (AvgIpc) is 3.25. The number of nitrogens with two attached hydrogens (primary N) is 1. The van der Waals surface area contributed by atoms with E-state index in [1.165, 1.54) is 11.3 Å². The van der Waals surface area contributed by atoms with Gasteiger partial charge in [0.1, 0.15) is 21.2 Å². The molecule has 0 aliphatic carbocycles. The Morgan fingerprint density at radius 3 is 2.03 bits per heavy atom. The molecule has 0 aliphatic heterocycles. The van der Waals surface area contributed by atoms with Crippen LogP contribution in [0.3, 0.4) is 0 Å². The zero-order valence-electron chi connectivity index (χ0n) is 19.3. The lowest BCUT2D eigenvalue weighted by atomic mass is 9.98. The lowest BCUT2D eigenvalue weighted by molar-refractivity contribution is 0.104. The maximum absolute atomic E-state index is 13.4. The van der Waals surface area contributed by atoms with Gasteiger partial charge in [0.2, 0.25) is 5.78 Å². The number of nitrogens with zero attached hydrogens (tertiary/aromatic N) is 1. The van der Waals surface area contributed by atoms with Crippen LogP contribution in [-0.2, 0) is 0 Å². The fourth-order valence-electron chi connectivity index (χ4n) is 3.97. The van der Waals surface area contributed by atoms with Gasteiger partial charge < -0.3 is 15.2 Å². The van der Waals surface area contributed by atoms with Gasteiger partial charge in [-0.3, -0.25) is 4.79 Å². The largest absolute Gasteiger partial charge is 0.497 e. The molecule has 180 valence electrons. The van der Waals surface area contributed by atoms with Crippen molar-refractivity contribution in [3.8, 4) is 33.9 Å². The first-order valence-electron chi connectivity index (χ1n) is 10.9. The van der Waals surface area contributed by atoms with Crippen molar-refractivity contribution in [2.24, 2.45) is 0 Å². The van der Waals surface area contributed by atoms with Crippen LogP contribution in [0.5, 0.6) is 11.5 Å². The third-order valence-electron chi connectivity index (χ3n) is 5.87. The summed E-state index contributed by atoms with van der Waals surface area (Å²) < 4.78 is 10.6. The van der Waals surface area contributed by atoms with Gasteiger partial charge in [-0.1, -0.05) is 35.3 Å². The van der Waals surface area contributed by atoms with Gasteiger partial charge in [-0.15, -0.1) is 11.3 Å². The highest BCUT2D eigenvalue weighted by molar-refractivity contribution is 7.21. The number of hydrogen-bond acceptors (Lipinski definition) is 6. The summed E-state index contributed by atoms with van der Waals surface area (Å²) in [7, 11) is 3.25. The zero-order valence-corrected chi connectivity index (χ0v) is 21.7. The number of anilines is 1. The van der Waals surface area contributed by atoms with Crippen LogP contribution < -0.4 is 15.2 Å². The Morgan fingerprint density at radius 2 is 1.44 bits per heavy atom. The third-order valence-corrected chi connectivity index (χ3v) is 7.71. The summed E-state index contributed by atoms with van der Waals surface area (Å²) in [5, 5.41) is 1.41. The average molecular weight is 535 g/mol. The number of benzene rings is 3. The molecule has 0 unspecified atom stereocenters. The first-order valence-corrected chi connectivity index (χ1v) is 12.5. The van der Waals surface area contributed by atoms with Gasteiger partial charge in [0.05, 0.1) is 35.6 Å². The Balaban J connectivity index is 1.71. The van der Waals surface area contributed by atoms with E-state index in [0.717, 1.165) is 39.3 Å². The van der Waals surface area contributed by atoms with Gasteiger partial charge in [-0.25, -0.2) is 4.98 Å². The van der Waals surface area contributed by atoms with Crippen molar-refractivity contribution in [1.29, 1.82) is 0 Å². The van der Waals surface area contributed by atoms with Crippen molar-refractivity contribution >= 4 is 56.2 Å². The summed E-state index contributed by atoms with van der Waals surface area (Å²) in [5.74, 6) is 1.26. The van der Waals surface area contributed by atoms with Gasteiger partial charge in [-0.2, -0.15) is 0 Å². The molecule has 0 bridgehead atoms. The number of aromatic nitrogens is 1. The van der Waals surface area contributed by atoms with Crippen molar-refractivity contribution in [3.05, 3.63) is 93.3 Å². The Hall–Kier alpha value is -3.58. The van der Waals surface area contributed by atoms with E-state index in [1.54, 1.807) is 32.4 Å². The predicted octanol–water partition coefficient (Wildman–Crippen LogP) is 7.77. The summed E-state index contributed by atoms with van der Waals surface area (Å²) >= 11 is 13.5. The minimum atomic E-state index is -0.235. The SMILES string of the molecule is COc1ccc(-c2cc(-c3ccc(OC)cc3)c3c(N)c(C(=O)c4ccc(Cl)c(Cl)c4)sc3n2)cc1. The smallest absolute Gasteiger partial charge is 0.205 e. The maximum Gasteiger partial charge on any atom is 0.205 e. The number of nitrogen functional groups attached to an aromatic ring is 1. The molecule has 0 aliphatic rings. The number of fused-ring (bicyclic) bond motifs is 1. The lowest BCUT2D eigenvalue weighted by Gasteiger charge is -2.10. The molecule has 2 aromatic heterocycles. The van der Waals surface area contributed by atoms with Gasteiger partial charge in [-0.05, 0) is 71.8 Å². The summed E-state index contributed by atoms with van der Waals surface area (Å²) in [4.78, 5) is 19.4. The highest BCUT2D eigenvalue weighted by atomic mass is 35.5. The Bertz CT molecular complexity index is 1600. The second-order valence-corrected chi connectivity index (χ2v) is 9.81. The van der Waals surface area contributed by atoms with Gasteiger partial charge in [0.25, 0.3) is 0 Å². The molecule has 0 saturated carbocycles. The number of halogens is 2. The van der Waals surface area contributed by atoms with Crippen LogP contribution in [0.15, 0.2) is 72.8 Å². The maximum atomic E-state index is 13.4. The van der Waals surface area contributed by atoms with E-state index in [2.05, 4.69) is 0 Å². The van der Waals surface area contributed by atoms with E-state index < -0.39 is 0 Å². The van der Waals surface area contributed by atoms with E-state index in [0.29, 0.717) is 31.0 Å². The van der Waals surface area contributed by atoms with Gasteiger partial charge in [0, 0.05) is 16.5 Å². The number of pyridine rings is 1. The first-order chi connectivity index (χ1) is 17.4. The molecule has 0 radical (unpaired) electrons. The number of methoxy groups -OCH3 is 2. The predicted molar refractivity (Wildman–Crippen MR) is 148 cm³/mol. The van der Waals surface area contributed by atoms with Crippen LogP contribution >= 0.6 is 34.5 Å². The summed E-state index contributed by atoms with van der Waals surface area (Å²) in [5.41, 5.74) is 10.9. The lowest BCUT2D eigenvalue weighted by Crippen LogP contribution is -2.02. The van der Waals surface area contributed by atoms with Crippen molar-refractivity contribution in [2.75, 3.05) is 20.0 Å². The fourth-order valence-corrected chi connectivity index (χ4v) is 5.35. The monoisotopic (exact) mass is 534 g/mol. The molecule has 3 aromatic carbocycles. The molecule has 0 spiro atoms. The van der Waals surface area contributed by atoms with Crippen molar-refractivity contribution in [1.82, 2.24) is 4.98 Å². The second-order valence-electron chi connectivity index (χ2n) is 8.00. The van der Waals surface area contributed by atoms with Crippen molar-refractivity contribution in [2.45, 2.75) is 0 Å². The molecule has 8 heteroatoms. The number of ether oxygens (including phenoxy) is 2. The topological polar surface area (TPSA) is 74.4 Å². The summed E-state index contributed by atoms with van der Waals surface area (Å²) in [6, 6.07) is 22.1. The van der Waals surface area contributed by atoms with E-state index in [-0.39, 0.29) is 5.78 Å². The highest BCUT2D eigenvalue weighted by Crippen LogP contribution is 2.42. The van der Waals surface area contributed by atoms with Crippen LogP contribution in [0.25, 0.3) is 32.6 Å². The zero-order chi connectivity index (χ0) is 25.4. The van der Waals surface area contributed by atoms with E-state index >= 15 is 0 Å². The Kier molecular flexibility index (Phi) is 6.58. The minimum Gasteiger partial charge on any atom is -0.497 e. The van der Waals surface area contributed by atoms with E-state index in [1.807, 2.05) is 54.6 Å². The highest BCUT2D eigenvalue weighted by Gasteiger charge is 2.23. The minimum absolute atomic E-state index is 0.235. The number of carbonyl (C=O) groups excluding carboxylic acids is 1. The summed E-state index contributed by atoms with van der Waals surface area (Å²) in [6.45, 7) is 0. The number of hydrogen-bond donors (Lipinski definition) is 1. The standard InChI is InChI=1S/C28H20Cl2N2O3S/c1-34-18-8-3-15(4-9-18)20-14-23(16-5-10-19(35-2)11-6-16)32-28-24(20)25(31)27(36-28)26(33)17-7-12-21(29)22(30)13-17/h3-14H,31H2,1-2H3. The summed E-state index contributed by atoms with van der Waals surface area (Å²) in [6.07, 6.45) is 0. The second kappa shape index (κ2) is 9.82. The number of rotatable bonds is 6. The van der Waals surface area contributed by atoms with E-state index in [9.17, 15) is 4.79 Å². The normalized spacial score (nSPS) is 11.0. The Morgan fingerprint density at radius 1 is 0.833 bits per heavy atom. The molecular weight excluding hydrogens is 515 g/mol. The van der Waals surface area contributed by atoms with Crippen LogP contribution in [0.1, 0.15) is 15.2 Å². The first kappa shape index (κ1) is 24.1. The van der Waals surface area contributed by atoms with Crippen LogP contribution in [0.4, 0.5) is 5.69 Å². The van der Waals surface area contributed by atoms with E-state index in [4.69, 9.17) is 43.4 Å². The molecule has 0 amide bonds. The van der Waals surface area contributed by atoms with Crippen LogP contribution in [-0.4, -0.2) is 25.0 Å².